The molecule has 2 aromatic heterocycles. The Labute approximate surface area is 181 Å². The summed E-state index contributed by atoms with van der Waals surface area (Å²) < 4.78 is 51.3. The third kappa shape index (κ3) is 3.81. The van der Waals surface area contributed by atoms with Crippen molar-refractivity contribution >= 4 is 37.8 Å². The van der Waals surface area contributed by atoms with Crippen LogP contribution >= 0.6 is 0 Å². The minimum absolute atomic E-state index is 0.0543. The predicted octanol–water partition coefficient (Wildman–Crippen LogP) is 4.96. The number of rotatable bonds is 5. The summed E-state index contributed by atoms with van der Waals surface area (Å²) in [6.45, 7) is 0. The van der Waals surface area contributed by atoms with Gasteiger partial charge in [-0.2, -0.15) is 8.42 Å². The standard InChI is InChI=1S/C23H15FN2O5S/c24-16-5-7-17(8-6-16)30-18-9-10-19-15(11-18)12-20(25-19)23(27)26-32(28,29)22-13-14-3-1-2-4-21(14)31-22/h1-13,25H,(H,26,27). The molecule has 0 fully saturated rings. The Balaban J connectivity index is 1.37. The molecule has 7 nitrogen and oxygen atoms in total. The third-order valence-corrected chi connectivity index (χ3v) is 5.97. The Morgan fingerprint density at radius 3 is 2.44 bits per heavy atom. The number of nitrogens with one attached hydrogen (secondary N) is 2. The van der Waals surface area contributed by atoms with Crippen LogP contribution in [0.15, 0.2) is 88.4 Å². The first kappa shape index (κ1) is 19.8. The van der Waals surface area contributed by atoms with Gasteiger partial charge in [0.05, 0.1) is 0 Å². The molecule has 0 aliphatic carbocycles. The third-order valence-electron chi connectivity index (χ3n) is 4.78. The quantitative estimate of drug-likeness (QED) is 0.394. The first-order chi connectivity index (χ1) is 15.4. The van der Waals surface area contributed by atoms with Crippen LogP contribution in [0.2, 0.25) is 0 Å². The lowest BCUT2D eigenvalue weighted by atomic mass is 10.2. The second-order valence-corrected chi connectivity index (χ2v) is 8.64. The molecule has 0 saturated carbocycles. The van der Waals surface area contributed by atoms with Crippen LogP contribution in [0, 0.1) is 5.82 Å². The van der Waals surface area contributed by atoms with Crippen molar-refractivity contribution in [3.8, 4) is 11.5 Å². The second-order valence-electron chi connectivity index (χ2n) is 7.03. The van der Waals surface area contributed by atoms with E-state index in [0.29, 0.717) is 33.4 Å². The highest BCUT2D eigenvalue weighted by Gasteiger charge is 2.24. The van der Waals surface area contributed by atoms with Gasteiger partial charge in [-0.25, -0.2) is 9.11 Å². The maximum absolute atomic E-state index is 13.0. The number of furan rings is 1. The monoisotopic (exact) mass is 450 g/mol. The number of aromatic nitrogens is 1. The molecular weight excluding hydrogens is 435 g/mol. The highest BCUT2D eigenvalue weighted by atomic mass is 32.2. The van der Waals surface area contributed by atoms with E-state index in [1.54, 1.807) is 42.5 Å². The highest BCUT2D eigenvalue weighted by Crippen LogP contribution is 2.27. The summed E-state index contributed by atoms with van der Waals surface area (Å²) in [6.07, 6.45) is 0. The molecule has 0 bridgehead atoms. The predicted molar refractivity (Wildman–Crippen MR) is 116 cm³/mol. The van der Waals surface area contributed by atoms with Crippen LogP contribution in [0.1, 0.15) is 10.5 Å². The summed E-state index contributed by atoms with van der Waals surface area (Å²) in [6, 6.07) is 20.3. The lowest BCUT2D eigenvalue weighted by Gasteiger charge is -2.05. The van der Waals surface area contributed by atoms with Crippen molar-refractivity contribution < 1.29 is 26.8 Å². The fourth-order valence-electron chi connectivity index (χ4n) is 3.25. The second kappa shape index (κ2) is 7.54. The summed E-state index contributed by atoms with van der Waals surface area (Å²) in [5.41, 5.74) is 1.07. The number of benzene rings is 3. The van der Waals surface area contributed by atoms with Crippen molar-refractivity contribution in [2.45, 2.75) is 5.09 Å². The molecule has 5 rings (SSSR count). The van der Waals surface area contributed by atoms with Crippen LogP contribution in [0.3, 0.4) is 0 Å². The summed E-state index contributed by atoms with van der Waals surface area (Å²) in [7, 11) is -4.20. The number of halogens is 1. The lowest BCUT2D eigenvalue weighted by Crippen LogP contribution is -2.30. The lowest BCUT2D eigenvalue weighted by molar-refractivity contribution is 0.0976. The van der Waals surface area contributed by atoms with E-state index < -0.39 is 15.9 Å². The summed E-state index contributed by atoms with van der Waals surface area (Å²) in [5.74, 6) is -0.268. The van der Waals surface area contributed by atoms with Crippen molar-refractivity contribution in [3.63, 3.8) is 0 Å². The number of ether oxygens (including phenoxy) is 1. The number of carbonyl (C=O) groups excluding carboxylic acids is 1. The molecule has 3 aromatic carbocycles. The zero-order chi connectivity index (χ0) is 22.3. The first-order valence-corrected chi connectivity index (χ1v) is 11.0. The minimum Gasteiger partial charge on any atom is -0.457 e. The molecule has 5 aromatic rings. The molecule has 0 atom stereocenters. The van der Waals surface area contributed by atoms with Gasteiger partial charge < -0.3 is 14.1 Å². The van der Waals surface area contributed by atoms with Crippen molar-refractivity contribution in [2.24, 2.45) is 0 Å². The molecule has 0 unspecified atom stereocenters. The van der Waals surface area contributed by atoms with Gasteiger partial charge in [-0.3, -0.25) is 4.79 Å². The summed E-state index contributed by atoms with van der Waals surface area (Å²) >= 11 is 0. The van der Waals surface area contributed by atoms with E-state index in [4.69, 9.17) is 9.15 Å². The van der Waals surface area contributed by atoms with E-state index in [0.717, 1.165) is 0 Å². The molecule has 0 radical (unpaired) electrons. The molecular formula is C23H15FN2O5S. The van der Waals surface area contributed by atoms with Gasteiger partial charge in [0.1, 0.15) is 28.6 Å². The van der Waals surface area contributed by atoms with Gasteiger partial charge >= 0.3 is 0 Å². The number of amides is 1. The van der Waals surface area contributed by atoms with Crippen molar-refractivity contribution in [1.82, 2.24) is 9.71 Å². The van der Waals surface area contributed by atoms with Gasteiger partial charge in [-0.15, -0.1) is 0 Å². The van der Waals surface area contributed by atoms with Crippen LogP contribution in [0.5, 0.6) is 11.5 Å². The maximum atomic E-state index is 13.0. The number of hydrogen-bond donors (Lipinski definition) is 2. The number of H-pyrrole nitrogens is 1. The topological polar surface area (TPSA) is 101 Å². The van der Waals surface area contributed by atoms with Crippen molar-refractivity contribution in [3.05, 3.63) is 90.4 Å². The van der Waals surface area contributed by atoms with Crippen LogP contribution in [-0.4, -0.2) is 19.3 Å². The molecule has 160 valence electrons. The number of para-hydroxylation sites is 1. The Hall–Kier alpha value is -4.11. The van der Waals surface area contributed by atoms with E-state index >= 15 is 0 Å². The molecule has 9 heteroatoms. The molecule has 2 heterocycles. The highest BCUT2D eigenvalue weighted by molar-refractivity contribution is 7.90. The molecule has 0 saturated heterocycles. The number of aromatic amines is 1. The molecule has 0 aliphatic rings. The summed E-state index contributed by atoms with van der Waals surface area (Å²) in [5, 5.41) is 0.897. The zero-order valence-electron chi connectivity index (χ0n) is 16.3. The van der Waals surface area contributed by atoms with Gasteiger partial charge in [0.25, 0.3) is 15.9 Å². The zero-order valence-corrected chi connectivity index (χ0v) is 17.1. The van der Waals surface area contributed by atoms with Gasteiger partial charge in [-0.05, 0) is 54.6 Å². The van der Waals surface area contributed by atoms with Gasteiger partial charge in [0.2, 0.25) is 5.09 Å². The minimum atomic E-state index is -4.20. The van der Waals surface area contributed by atoms with Gasteiger partial charge in [-0.1, -0.05) is 18.2 Å². The maximum Gasteiger partial charge on any atom is 0.297 e. The fraction of sp³-hybridized carbons (Fsp3) is 0. The number of sulfonamides is 1. The van der Waals surface area contributed by atoms with Gasteiger partial charge in [0, 0.05) is 22.4 Å². The SMILES string of the molecule is O=C(NS(=O)(=O)c1cc2ccccc2o1)c1cc2cc(Oc3ccc(F)cc3)ccc2[nH]1. The molecule has 0 spiro atoms. The van der Waals surface area contributed by atoms with Crippen molar-refractivity contribution in [1.29, 1.82) is 0 Å². The first-order valence-electron chi connectivity index (χ1n) is 9.49. The average Bonchev–Trinajstić information content (AvgIpc) is 3.39. The number of carbonyl (C=O) groups is 1. The Kier molecular flexibility index (Phi) is 4.67. The van der Waals surface area contributed by atoms with E-state index in [-0.39, 0.29) is 16.6 Å². The molecule has 32 heavy (non-hydrogen) atoms. The number of hydrogen-bond acceptors (Lipinski definition) is 5. The van der Waals surface area contributed by atoms with Crippen LogP contribution < -0.4 is 9.46 Å². The Bertz CT molecular complexity index is 1540. The van der Waals surface area contributed by atoms with Crippen LogP contribution in [0.25, 0.3) is 21.9 Å². The van der Waals surface area contributed by atoms with Crippen LogP contribution in [0.4, 0.5) is 4.39 Å². The Morgan fingerprint density at radius 2 is 1.66 bits per heavy atom. The van der Waals surface area contributed by atoms with E-state index in [9.17, 15) is 17.6 Å². The molecule has 2 N–H and O–H groups in total. The van der Waals surface area contributed by atoms with E-state index in [1.165, 1.54) is 36.4 Å². The fourth-order valence-corrected chi connectivity index (χ4v) is 4.19. The number of fused-ring (bicyclic) bond motifs is 2. The average molecular weight is 450 g/mol. The van der Waals surface area contributed by atoms with Crippen molar-refractivity contribution in [2.75, 3.05) is 0 Å². The smallest absolute Gasteiger partial charge is 0.297 e. The largest absolute Gasteiger partial charge is 0.457 e. The van der Waals surface area contributed by atoms with Gasteiger partial charge in [0.15, 0.2) is 0 Å². The van der Waals surface area contributed by atoms with Crippen LogP contribution in [-0.2, 0) is 10.0 Å². The molecule has 1 amide bonds. The Morgan fingerprint density at radius 1 is 0.906 bits per heavy atom. The summed E-state index contributed by atoms with van der Waals surface area (Å²) in [4.78, 5) is 15.5. The molecule has 0 aliphatic heterocycles. The van der Waals surface area contributed by atoms with E-state index in [1.807, 2.05) is 4.72 Å². The van der Waals surface area contributed by atoms with E-state index in [2.05, 4.69) is 4.98 Å². The normalized spacial score (nSPS) is 11.7.